The van der Waals surface area contributed by atoms with Crippen molar-refractivity contribution < 1.29 is 14.3 Å². The number of rotatable bonds is 6. The summed E-state index contributed by atoms with van der Waals surface area (Å²) < 4.78 is 5.37. The van der Waals surface area contributed by atoms with E-state index >= 15 is 0 Å². The zero-order valence-corrected chi connectivity index (χ0v) is 20.1. The number of hydrogen-bond acceptors (Lipinski definition) is 4. The molecule has 0 radical (unpaired) electrons. The van der Waals surface area contributed by atoms with Gasteiger partial charge in [0.15, 0.2) is 0 Å². The zero-order chi connectivity index (χ0) is 23.2. The third kappa shape index (κ3) is 6.19. The minimum absolute atomic E-state index is 0.0289. The minimum Gasteiger partial charge on any atom is -0.381 e. The first-order valence-electron chi connectivity index (χ1n) is 11.4. The van der Waals surface area contributed by atoms with Crippen LogP contribution in [-0.2, 0) is 16.0 Å². The number of carbonyl (C=O) groups excluding carboxylic acids is 2. The van der Waals surface area contributed by atoms with E-state index in [2.05, 4.69) is 10.2 Å². The van der Waals surface area contributed by atoms with Gasteiger partial charge in [0.2, 0.25) is 5.91 Å². The highest BCUT2D eigenvalue weighted by Gasteiger charge is 2.23. The van der Waals surface area contributed by atoms with Crippen molar-refractivity contribution in [2.24, 2.45) is 5.92 Å². The van der Waals surface area contributed by atoms with Crippen LogP contribution in [0.2, 0.25) is 10.0 Å². The Bertz CT molecular complexity index is 949. The maximum Gasteiger partial charge on any atom is 0.251 e. The molecule has 1 N–H and O–H groups in total. The average molecular weight is 490 g/mol. The topological polar surface area (TPSA) is 61.9 Å². The van der Waals surface area contributed by atoms with E-state index in [0.29, 0.717) is 46.7 Å². The van der Waals surface area contributed by atoms with Crippen LogP contribution in [0, 0.1) is 5.92 Å². The normalized spacial score (nSPS) is 17.2. The Hall–Kier alpha value is -2.28. The van der Waals surface area contributed by atoms with E-state index in [1.165, 1.54) is 0 Å². The number of piperazine rings is 1. The first-order chi connectivity index (χ1) is 16.0. The first-order valence-corrected chi connectivity index (χ1v) is 12.2. The molecule has 0 aliphatic carbocycles. The second-order valence-corrected chi connectivity index (χ2v) is 9.37. The molecule has 0 spiro atoms. The van der Waals surface area contributed by atoms with Crippen molar-refractivity contribution in [3.8, 4) is 0 Å². The fourth-order valence-corrected chi connectivity index (χ4v) is 4.82. The molecule has 33 heavy (non-hydrogen) atoms. The summed E-state index contributed by atoms with van der Waals surface area (Å²) >= 11 is 12.4. The van der Waals surface area contributed by atoms with Crippen LogP contribution < -0.4 is 10.2 Å². The molecule has 0 aromatic heterocycles. The number of nitrogens with one attached hydrogen (secondary N) is 1. The van der Waals surface area contributed by atoms with E-state index < -0.39 is 0 Å². The second-order valence-electron chi connectivity index (χ2n) is 8.56. The summed E-state index contributed by atoms with van der Waals surface area (Å²) in [7, 11) is 0. The zero-order valence-electron chi connectivity index (χ0n) is 18.6. The Labute approximate surface area is 204 Å². The van der Waals surface area contributed by atoms with E-state index in [-0.39, 0.29) is 18.2 Å². The molecular formula is C25H29Cl2N3O3. The molecule has 0 saturated carbocycles. The summed E-state index contributed by atoms with van der Waals surface area (Å²) in [5, 5.41) is 4.08. The molecular weight excluding hydrogens is 461 g/mol. The van der Waals surface area contributed by atoms with Crippen LogP contribution in [0.3, 0.4) is 0 Å². The second kappa shape index (κ2) is 11.2. The number of halogens is 2. The summed E-state index contributed by atoms with van der Waals surface area (Å²) in [4.78, 5) is 29.3. The summed E-state index contributed by atoms with van der Waals surface area (Å²) in [5.41, 5.74) is 2.40. The van der Waals surface area contributed by atoms with Crippen LogP contribution in [0.1, 0.15) is 28.8 Å². The Morgan fingerprint density at radius 1 is 0.939 bits per heavy atom. The highest BCUT2D eigenvalue weighted by molar-refractivity contribution is 6.36. The van der Waals surface area contributed by atoms with E-state index in [1.54, 1.807) is 18.2 Å². The molecule has 2 fully saturated rings. The summed E-state index contributed by atoms with van der Waals surface area (Å²) in [6.07, 6.45) is 2.20. The Balaban J connectivity index is 1.26. The lowest BCUT2D eigenvalue weighted by Crippen LogP contribution is -2.49. The third-order valence-electron chi connectivity index (χ3n) is 6.41. The van der Waals surface area contributed by atoms with Crippen molar-refractivity contribution in [1.82, 2.24) is 10.2 Å². The smallest absolute Gasteiger partial charge is 0.251 e. The van der Waals surface area contributed by atoms with Crippen molar-refractivity contribution in [2.75, 3.05) is 50.8 Å². The Morgan fingerprint density at radius 3 is 2.21 bits per heavy atom. The lowest BCUT2D eigenvalue weighted by Gasteiger charge is -2.36. The van der Waals surface area contributed by atoms with Crippen LogP contribution in [0.25, 0.3) is 0 Å². The number of amides is 2. The van der Waals surface area contributed by atoms with Gasteiger partial charge in [-0.2, -0.15) is 0 Å². The average Bonchev–Trinajstić information content (AvgIpc) is 2.85. The fraction of sp³-hybridized carbons (Fsp3) is 0.440. The quantitative estimate of drug-likeness (QED) is 0.664. The summed E-state index contributed by atoms with van der Waals surface area (Å²) in [6.45, 7) is 4.99. The van der Waals surface area contributed by atoms with E-state index in [0.717, 1.165) is 44.8 Å². The van der Waals surface area contributed by atoms with E-state index in [1.807, 2.05) is 29.2 Å². The lowest BCUT2D eigenvalue weighted by atomic mass is 10.0. The molecule has 0 bridgehead atoms. The van der Waals surface area contributed by atoms with Crippen LogP contribution in [-0.4, -0.2) is 62.7 Å². The molecule has 0 atom stereocenters. The van der Waals surface area contributed by atoms with Gasteiger partial charge in [0.1, 0.15) is 0 Å². The highest BCUT2D eigenvalue weighted by atomic mass is 35.5. The van der Waals surface area contributed by atoms with Gasteiger partial charge in [-0.05, 0) is 60.7 Å². The van der Waals surface area contributed by atoms with Crippen LogP contribution in [0.5, 0.6) is 0 Å². The maximum absolute atomic E-state index is 12.7. The van der Waals surface area contributed by atoms with Crippen molar-refractivity contribution in [3.05, 3.63) is 63.6 Å². The Morgan fingerprint density at radius 2 is 1.58 bits per heavy atom. The van der Waals surface area contributed by atoms with Crippen molar-refractivity contribution in [2.45, 2.75) is 19.3 Å². The van der Waals surface area contributed by atoms with Gasteiger partial charge >= 0.3 is 0 Å². The Kier molecular flexibility index (Phi) is 8.12. The SMILES string of the molecule is O=C(NCC1CCOCC1)c1ccc(N2CCN(C(=O)Cc3c(Cl)cccc3Cl)CC2)cc1. The van der Waals surface area contributed by atoms with Crippen LogP contribution in [0.4, 0.5) is 5.69 Å². The van der Waals surface area contributed by atoms with Gasteiger partial charge in [-0.1, -0.05) is 29.3 Å². The van der Waals surface area contributed by atoms with Crippen molar-refractivity contribution >= 4 is 40.7 Å². The number of carbonyl (C=O) groups is 2. The molecule has 2 aliphatic heterocycles. The van der Waals surface area contributed by atoms with Crippen molar-refractivity contribution in [3.63, 3.8) is 0 Å². The van der Waals surface area contributed by atoms with Crippen LogP contribution >= 0.6 is 23.2 Å². The number of ether oxygens (including phenoxy) is 1. The molecule has 2 amide bonds. The maximum atomic E-state index is 12.7. The van der Waals surface area contributed by atoms with Gasteiger partial charge < -0.3 is 19.9 Å². The first kappa shape index (κ1) is 23.9. The van der Waals surface area contributed by atoms with Gasteiger partial charge in [0.05, 0.1) is 6.42 Å². The molecule has 2 heterocycles. The lowest BCUT2D eigenvalue weighted by molar-refractivity contribution is -0.130. The number of hydrogen-bond donors (Lipinski definition) is 1. The van der Waals surface area contributed by atoms with Crippen molar-refractivity contribution in [1.29, 1.82) is 0 Å². The fourth-order valence-electron chi connectivity index (χ4n) is 4.29. The van der Waals surface area contributed by atoms with E-state index in [9.17, 15) is 9.59 Å². The molecule has 8 heteroatoms. The van der Waals surface area contributed by atoms with E-state index in [4.69, 9.17) is 27.9 Å². The monoisotopic (exact) mass is 489 g/mol. The molecule has 2 aromatic carbocycles. The standard InChI is InChI=1S/C25H29Cl2N3O3/c26-22-2-1-3-23(27)21(22)16-24(31)30-12-10-29(11-13-30)20-6-4-19(5-7-20)25(32)28-17-18-8-14-33-15-9-18/h1-7,18H,8-17H2,(H,28,32). The molecule has 0 unspecified atom stereocenters. The van der Waals surface area contributed by atoms with Crippen LogP contribution in [0.15, 0.2) is 42.5 Å². The molecule has 4 rings (SSSR count). The van der Waals surface area contributed by atoms with Gasteiger partial charge in [0, 0.05) is 67.2 Å². The molecule has 2 aliphatic rings. The molecule has 6 nitrogen and oxygen atoms in total. The van der Waals surface area contributed by atoms with Gasteiger partial charge in [-0.15, -0.1) is 0 Å². The summed E-state index contributed by atoms with van der Waals surface area (Å²) in [5.74, 6) is 0.484. The number of benzene rings is 2. The molecule has 2 aromatic rings. The third-order valence-corrected chi connectivity index (χ3v) is 7.12. The van der Waals surface area contributed by atoms with Gasteiger partial charge in [-0.25, -0.2) is 0 Å². The largest absolute Gasteiger partial charge is 0.381 e. The summed E-state index contributed by atoms with van der Waals surface area (Å²) in [6, 6.07) is 13.0. The predicted octanol–water partition coefficient (Wildman–Crippen LogP) is 4.04. The number of nitrogens with zero attached hydrogens (tertiary/aromatic N) is 2. The van der Waals surface area contributed by atoms with Gasteiger partial charge in [-0.3, -0.25) is 9.59 Å². The minimum atomic E-state index is -0.0401. The molecule has 176 valence electrons. The van der Waals surface area contributed by atoms with Gasteiger partial charge in [0.25, 0.3) is 5.91 Å². The predicted molar refractivity (Wildman–Crippen MR) is 131 cm³/mol. The number of anilines is 1. The molecule has 2 saturated heterocycles. The highest BCUT2D eigenvalue weighted by Crippen LogP contribution is 2.26.